The first kappa shape index (κ1) is 26.1. The highest BCUT2D eigenvalue weighted by molar-refractivity contribution is 8.26. The van der Waals surface area contributed by atoms with Gasteiger partial charge in [0.05, 0.1) is 28.6 Å². The van der Waals surface area contributed by atoms with E-state index in [1.54, 1.807) is 10.8 Å². The van der Waals surface area contributed by atoms with Gasteiger partial charge in [-0.25, -0.2) is 4.68 Å². The first-order valence-electron chi connectivity index (χ1n) is 11.3. The number of rotatable bonds is 10. The zero-order valence-electron chi connectivity index (χ0n) is 19.5. The Hall–Kier alpha value is -2.99. The lowest BCUT2D eigenvalue weighted by molar-refractivity contribution is -0.121. The van der Waals surface area contributed by atoms with E-state index in [-0.39, 0.29) is 10.9 Å². The molecule has 3 aromatic rings. The highest BCUT2D eigenvalue weighted by Crippen LogP contribution is 2.35. The van der Waals surface area contributed by atoms with E-state index in [0.29, 0.717) is 22.8 Å². The highest BCUT2D eigenvalue weighted by Gasteiger charge is 2.33. The van der Waals surface area contributed by atoms with Gasteiger partial charge in [0.15, 0.2) is 0 Å². The Balaban J connectivity index is 1.67. The third-order valence-corrected chi connectivity index (χ3v) is 7.47. The molecule has 1 amide bonds. The van der Waals surface area contributed by atoms with E-state index in [0.717, 1.165) is 41.6 Å². The molecule has 1 aromatic heterocycles. The Morgan fingerprint density at radius 3 is 2.53 bits per heavy atom. The molecule has 1 N–H and O–H groups in total. The predicted molar refractivity (Wildman–Crippen MR) is 146 cm³/mol. The molecule has 0 bridgehead atoms. The second-order valence-corrected chi connectivity index (χ2v) is 11.3. The molecular formula is C25H25N3O5S3. The quantitative estimate of drug-likeness (QED) is 0.168. The van der Waals surface area contributed by atoms with Crippen LogP contribution in [0.3, 0.4) is 0 Å². The normalized spacial score (nSPS) is 15.2. The predicted octanol–water partition coefficient (Wildman–Crippen LogP) is 4.81. The van der Waals surface area contributed by atoms with E-state index in [1.807, 2.05) is 60.8 Å². The number of carbonyl (C=O) groups excluding carboxylic acids is 1. The second-order valence-electron chi connectivity index (χ2n) is 8.06. The summed E-state index contributed by atoms with van der Waals surface area (Å²) in [5.41, 5.74) is 3.08. The Morgan fingerprint density at radius 2 is 1.86 bits per heavy atom. The average molecular weight is 544 g/mol. The van der Waals surface area contributed by atoms with Crippen LogP contribution in [0, 0.1) is 0 Å². The third-order valence-electron chi connectivity index (χ3n) is 5.39. The standard InChI is InChI=1S/C25H25N3O5S3/c1-2-3-14-33-21-11-9-18(10-12-21)23-19(17-28(26-23)20-7-5-4-6-8-20)16-22-24(29)27(25(34)35-22)13-15-36(30,31)32/h4-12,16-17H,2-3,13-15H2,1H3,(H,30,31,32)/b22-16-. The molecule has 4 rings (SSSR count). The summed E-state index contributed by atoms with van der Waals surface area (Å²) >= 11 is 6.37. The molecule has 36 heavy (non-hydrogen) atoms. The Kier molecular flexibility index (Phi) is 8.24. The van der Waals surface area contributed by atoms with Crippen LogP contribution in [-0.4, -0.2) is 56.8 Å². The number of benzene rings is 2. The highest BCUT2D eigenvalue weighted by atomic mass is 32.2. The molecule has 0 aliphatic carbocycles. The number of amides is 1. The van der Waals surface area contributed by atoms with Crippen molar-refractivity contribution in [2.24, 2.45) is 0 Å². The van der Waals surface area contributed by atoms with Gasteiger partial charge in [-0.15, -0.1) is 0 Å². The lowest BCUT2D eigenvalue weighted by atomic mass is 10.1. The van der Waals surface area contributed by atoms with Crippen LogP contribution in [0.1, 0.15) is 25.3 Å². The molecular weight excluding hydrogens is 518 g/mol. The Labute approximate surface area is 219 Å². The number of unbranched alkanes of at least 4 members (excludes halogenated alkanes) is 1. The number of ether oxygens (including phenoxy) is 1. The Bertz CT molecular complexity index is 1380. The van der Waals surface area contributed by atoms with E-state index in [9.17, 15) is 13.2 Å². The molecule has 1 aliphatic rings. The van der Waals surface area contributed by atoms with E-state index in [1.165, 1.54) is 4.90 Å². The molecule has 1 saturated heterocycles. The van der Waals surface area contributed by atoms with Crippen LogP contribution >= 0.6 is 24.0 Å². The fourth-order valence-corrected chi connectivity index (χ4v) is 5.23. The maximum absolute atomic E-state index is 13.0. The fourth-order valence-electron chi connectivity index (χ4n) is 3.51. The van der Waals surface area contributed by atoms with Gasteiger partial charge in [-0.05, 0) is 48.9 Å². The van der Waals surface area contributed by atoms with Crippen molar-refractivity contribution in [3.63, 3.8) is 0 Å². The molecule has 188 valence electrons. The number of thioether (sulfide) groups is 1. The second kappa shape index (κ2) is 11.4. The van der Waals surface area contributed by atoms with E-state index >= 15 is 0 Å². The minimum Gasteiger partial charge on any atom is -0.494 e. The Morgan fingerprint density at radius 1 is 1.14 bits per heavy atom. The molecule has 2 heterocycles. The van der Waals surface area contributed by atoms with Gasteiger partial charge in [-0.2, -0.15) is 13.5 Å². The van der Waals surface area contributed by atoms with E-state index < -0.39 is 21.8 Å². The monoisotopic (exact) mass is 543 g/mol. The van der Waals surface area contributed by atoms with Crippen LogP contribution in [0.4, 0.5) is 0 Å². The zero-order chi connectivity index (χ0) is 25.7. The van der Waals surface area contributed by atoms with Crippen LogP contribution in [0.2, 0.25) is 0 Å². The molecule has 8 nitrogen and oxygen atoms in total. The summed E-state index contributed by atoms with van der Waals surface area (Å²) in [5.74, 6) is -0.223. The van der Waals surface area contributed by atoms with Gasteiger partial charge >= 0.3 is 0 Å². The molecule has 11 heteroatoms. The van der Waals surface area contributed by atoms with Crippen molar-refractivity contribution in [3.05, 3.63) is 71.3 Å². The maximum atomic E-state index is 13.0. The summed E-state index contributed by atoms with van der Waals surface area (Å²) < 4.78 is 39.1. The van der Waals surface area contributed by atoms with Gasteiger partial charge in [0.1, 0.15) is 10.1 Å². The molecule has 1 aliphatic heterocycles. The molecule has 2 aromatic carbocycles. The van der Waals surface area contributed by atoms with Crippen LogP contribution in [-0.2, 0) is 14.9 Å². The van der Waals surface area contributed by atoms with Gasteiger partial charge in [0.2, 0.25) is 0 Å². The number of aromatic nitrogens is 2. The summed E-state index contributed by atoms with van der Waals surface area (Å²) in [6, 6.07) is 17.2. The first-order chi connectivity index (χ1) is 17.2. The van der Waals surface area contributed by atoms with Gasteiger partial charge < -0.3 is 4.74 Å². The number of hydrogen-bond donors (Lipinski definition) is 1. The minimum absolute atomic E-state index is 0.212. The van der Waals surface area contributed by atoms with Crippen molar-refractivity contribution in [1.29, 1.82) is 0 Å². The van der Waals surface area contributed by atoms with Crippen LogP contribution < -0.4 is 4.74 Å². The maximum Gasteiger partial charge on any atom is 0.266 e. The molecule has 1 fully saturated rings. The largest absolute Gasteiger partial charge is 0.494 e. The summed E-state index contributed by atoms with van der Waals surface area (Å²) in [6.45, 7) is 2.55. The van der Waals surface area contributed by atoms with E-state index in [4.69, 9.17) is 26.6 Å². The number of thiocarbonyl (C=S) groups is 1. The van der Waals surface area contributed by atoms with Crippen molar-refractivity contribution in [3.8, 4) is 22.7 Å². The van der Waals surface area contributed by atoms with Gasteiger partial charge in [-0.3, -0.25) is 14.2 Å². The minimum atomic E-state index is -4.22. The molecule has 0 saturated carbocycles. The zero-order valence-corrected chi connectivity index (χ0v) is 22.0. The molecule has 0 atom stereocenters. The van der Waals surface area contributed by atoms with Crippen LogP contribution in [0.15, 0.2) is 65.7 Å². The van der Waals surface area contributed by atoms with Crippen molar-refractivity contribution < 1.29 is 22.5 Å². The SMILES string of the molecule is CCCCOc1ccc(-c2nn(-c3ccccc3)cc2/C=C2\SC(=S)N(CCS(=O)(=O)O)C2=O)cc1. The third kappa shape index (κ3) is 6.41. The van der Waals surface area contributed by atoms with Gasteiger partial charge in [0.25, 0.3) is 16.0 Å². The fraction of sp³-hybridized carbons (Fsp3) is 0.240. The van der Waals surface area contributed by atoms with Gasteiger partial charge in [-0.1, -0.05) is 55.5 Å². The number of para-hydroxylation sites is 1. The molecule has 0 spiro atoms. The first-order valence-corrected chi connectivity index (χ1v) is 14.2. The summed E-state index contributed by atoms with van der Waals surface area (Å²) in [7, 11) is -4.22. The van der Waals surface area contributed by atoms with Crippen LogP contribution in [0.5, 0.6) is 5.75 Å². The van der Waals surface area contributed by atoms with Crippen molar-refractivity contribution in [2.75, 3.05) is 18.9 Å². The summed E-state index contributed by atoms with van der Waals surface area (Å²) in [6.07, 6.45) is 5.58. The number of hydrogen-bond acceptors (Lipinski definition) is 7. The lowest BCUT2D eigenvalue weighted by Crippen LogP contribution is -2.32. The number of carbonyl (C=O) groups is 1. The van der Waals surface area contributed by atoms with Crippen LogP contribution in [0.25, 0.3) is 23.0 Å². The summed E-state index contributed by atoms with van der Waals surface area (Å²) in [4.78, 5) is 14.5. The van der Waals surface area contributed by atoms with Crippen molar-refractivity contribution in [2.45, 2.75) is 19.8 Å². The van der Waals surface area contributed by atoms with Gasteiger partial charge in [0, 0.05) is 23.9 Å². The lowest BCUT2D eigenvalue weighted by Gasteiger charge is -2.12. The molecule has 0 unspecified atom stereocenters. The van der Waals surface area contributed by atoms with Crippen molar-refractivity contribution in [1.82, 2.24) is 14.7 Å². The molecule has 0 radical (unpaired) electrons. The average Bonchev–Trinajstić information content (AvgIpc) is 3.39. The smallest absolute Gasteiger partial charge is 0.266 e. The van der Waals surface area contributed by atoms with E-state index in [2.05, 4.69) is 6.92 Å². The number of nitrogens with zero attached hydrogens (tertiary/aromatic N) is 3. The topological polar surface area (TPSA) is 102 Å². The van der Waals surface area contributed by atoms with Crippen molar-refractivity contribution >= 4 is 50.4 Å². The summed E-state index contributed by atoms with van der Waals surface area (Å²) in [5, 5.41) is 4.78.